The number of benzene rings is 1. The summed E-state index contributed by atoms with van der Waals surface area (Å²) in [5, 5.41) is 4.43. The van der Waals surface area contributed by atoms with Crippen LogP contribution in [0.5, 0.6) is 5.75 Å². The van der Waals surface area contributed by atoms with Crippen LogP contribution in [0.4, 0.5) is 0 Å². The van der Waals surface area contributed by atoms with E-state index in [1.807, 2.05) is 11.6 Å². The van der Waals surface area contributed by atoms with E-state index in [1.165, 1.54) is 0 Å². The zero-order valence-corrected chi connectivity index (χ0v) is 12.7. The average molecular weight is 273 g/mol. The number of nitrogens with zero attached hydrogens (tertiary/aromatic N) is 2. The third kappa shape index (κ3) is 3.02. The molecule has 0 atom stereocenters. The molecule has 0 spiro atoms. The normalized spacial score (nSPS) is 10.8. The Morgan fingerprint density at radius 1 is 1.15 bits per heavy atom. The van der Waals surface area contributed by atoms with Crippen LogP contribution in [-0.4, -0.2) is 9.78 Å². The molecule has 2 rings (SSSR count). The van der Waals surface area contributed by atoms with Gasteiger partial charge in [0.05, 0.1) is 11.4 Å². The number of nitrogens with two attached hydrogens (primary N) is 1. The number of aromatic nitrogens is 2. The van der Waals surface area contributed by atoms with Gasteiger partial charge in [-0.15, -0.1) is 0 Å². The summed E-state index contributed by atoms with van der Waals surface area (Å²) >= 11 is 0. The molecule has 0 radical (unpaired) electrons. The Hall–Kier alpha value is -1.81. The standard InChI is InChI=1S/C16H23N3O/c1-5-19-15(8-13(4)18-19)10-20-16-11(2)6-14(9-17)7-12(16)3/h6-8H,5,9-10,17H2,1-4H3. The second-order valence-electron chi connectivity index (χ2n) is 5.14. The van der Waals surface area contributed by atoms with Gasteiger partial charge in [-0.2, -0.15) is 5.10 Å². The van der Waals surface area contributed by atoms with Crippen molar-refractivity contribution in [3.63, 3.8) is 0 Å². The average Bonchev–Trinajstić information content (AvgIpc) is 2.77. The Labute approximate surface area is 120 Å². The molecule has 0 fully saturated rings. The predicted octanol–water partition coefficient (Wildman–Crippen LogP) is 2.87. The van der Waals surface area contributed by atoms with Crippen molar-refractivity contribution in [2.24, 2.45) is 5.73 Å². The summed E-state index contributed by atoms with van der Waals surface area (Å²) in [6.07, 6.45) is 0. The highest BCUT2D eigenvalue weighted by molar-refractivity contribution is 5.43. The first-order chi connectivity index (χ1) is 9.55. The Morgan fingerprint density at radius 2 is 1.80 bits per heavy atom. The molecule has 0 saturated carbocycles. The van der Waals surface area contributed by atoms with Gasteiger partial charge in [0.1, 0.15) is 12.4 Å². The van der Waals surface area contributed by atoms with Gasteiger partial charge in [-0.25, -0.2) is 0 Å². The molecule has 0 unspecified atom stereocenters. The molecule has 0 bridgehead atoms. The first-order valence-corrected chi connectivity index (χ1v) is 7.01. The number of ether oxygens (including phenoxy) is 1. The van der Waals surface area contributed by atoms with Gasteiger partial charge in [-0.05, 0) is 50.5 Å². The van der Waals surface area contributed by atoms with Crippen LogP contribution < -0.4 is 10.5 Å². The van der Waals surface area contributed by atoms with E-state index in [0.717, 1.165) is 40.4 Å². The molecule has 0 saturated heterocycles. The number of rotatable bonds is 5. The lowest BCUT2D eigenvalue weighted by atomic mass is 10.1. The first kappa shape index (κ1) is 14.6. The molecule has 4 nitrogen and oxygen atoms in total. The highest BCUT2D eigenvalue weighted by Crippen LogP contribution is 2.25. The van der Waals surface area contributed by atoms with Gasteiger partial charge in [0.25, 0.3) is 0 Å². The van der Waals surface area contributed by atoms with Crippen molar-refractivity contribution in [2.45, 2.75) is 47.4 Å². The maximum absolute atomic E-state index is 6.01. The fraction of sp³-hybridized carbons (Fsp3) is 0.438. The van der Waals surface area contributed by atoms with E-state index in [2.05, 4.69) is 44.1 Å². The highest BCUT2D eigenvalue weighted by Gasteiger charge is 2.09. The topological polar surface area (TPSA) is 53.1 Å². The lowest BCUT2D eigenvalue weighted by Crippen LogP contribution is -2.07. The fourth-order valence-corrected chi connectivity index (χ4v) is 2.52. The number of hydrogen-bond donors (Lipinski definition) is 1. The van der Waals surface area contributed by atoms with E-state index < -0.39 is 0 Å². The molecular formula is C16H23N3O. The van der Waals surface area contributed by atoms with Crippen molar-refractivity contribution in [1.82, 2.24) is 9.78 Å². The fourth-order valence-electron chi connectivity index (χ4n) is 2.52. The van der Waals surface area contributed by atoms with E-state index in [-0.39, 0.29) is 0 Å². The van der Waals surface area contributed by atoms with Crippen LogP contribution in [0.1, 0.15) is 35.0 Å². The Balaban J connectivity index is 2.18. The molecule has 2 aromatic rings. The molecule has 0 amide bonds. The summed E-state index contributed by atoms with van der Waals surface area (Å²) in [5.74, 6) is 0.948. The molecule has 1 aromatic heterocycles. The van der Waals surface area contributed by atoms with E-state index in [9.17, 15) is 0 Å². The summed E-state index contributed by atoms with van der Waals surface area (Å²) in [4.78, 5) is 0. The molecule has 0 aliphatic rings. The van der Waals surface area contributed by atoms with Gasteiger partial charge >= 0.3 is 0 Å². The van der Waals surface area contributed by atoms with Crippen molar-refractivity contribution in [1.29, 1.82) is 0 Å². The van der Waals surface area contributed by atoms with Crippen LogP contribution in [0.25, 0.3) is 0 Å². The summed E-state index contributed by atoms with van der Waals surface area (Å²) in [6, 6.07) is 6.25. The maximum atomic E-state index is 6.01. The van der Waals surface area contributed by atoms with Crippen LogP contribution in [0.15, 0.2) is 18.2 Å². The summed E-state index contributed by atoms with van der Waals surface area (Å²) in [6.45, 7) is 10.2. The minimum Gasteiger partial charge on any atom is -0.487 e. The van der Waals surface area contributed by atoms with Crippen LogP contribution >= 0.6 is 0 Å². The van der Waals surface area contributed by atoms with Crippen LogP contribution in [0.2, 0.25) is 0 Å². The minimum atomic E-state index is 0.540. The Bertz CT molecular complexity index is 579. The summed E-state index contributed by atoms with van der Waals surface area (Å²) in [5.41, 5.74) is 11.2. The molecule has 4 heteroatoms. The second kappa shape index (κ2) is 6.09. The zero-order valence-electron chi connectivity index (χ0n) is 12.7. The van der Waals surface area contributed by atoms with Crippen LogP contribution in [0.3, 0.4) is 0 Å². The van der Waals surface area contributed by atoms with Crippen molar-refractivity contribution in [3.05, 3.63) is 46.3 Å². The highest BCUT2D eigenvalue weighted by atomic mass is 16.5. The zero-order chi connectivity index (χ0) is 14.7. The quantitative estimate of drug-likeness (QED) is 0.911. The third-order valence-corrected chi connectivity index (χ3v) is 3.41. The summed E-state index contributed by atoms with van der Waals surface area (Å²) < 4.78 is 7.99. The lowest BCUT2D eigenvalue weighted by molar-refractivity contribution is 0.288. The van der Waals surface area contributed by atoms with Crippen molar-refractivity contribution < 1.29 is 4.74 Å². The lowest BCUT2D eigenvalue weighted by Gasteiger charge is -2.14. The van der Waals surface area contributed by atoms with E-state index in [4.69, 9.17) is 10.5 Å². The van der Waals surface area contributed by atoms with Gasteiger partial charge in [-0.3, -0.25) is 4.68 Å². The Morgan fingerprint density at radius 3 is 2.35 bits per heavy atom. The van der Waals surface area contributed by atoms with E-state index in [1.54, 1.807) is 0 Å². The van der Waals surface area contributed by atoms with Crippen LogP contribution in [0, 0.1) is 20.8 Å². The van der Waals surface area contributed by atoms with Crippen molar-refractivity contribution in [2.75, 3.05) is 0 Å². The van der Waals surface area contributed by atoms with E-state index in [0.29, 0.717) is 13.2 Å². The molecule has 2 N–H and O–H groups in total. The molecule has 108 valence electrons. The third-order valence-electron chi connectivity index (χ3n) is 3.41. The molecule has 1 heterocycles. The predicted molar refractivity (Wildman–Crippen MR) is 80.8 cm³/mol. The molecular weight excluding hydrogens is 250 g/mol. The molecule has 20 heavy (non-hydrogen) atoms. The molecule has 1 aromatic carbocycles. The number of aryl methyl sites for hydroxylation is 4. The second-order valence-corrected chi connectivity index (χ2v) is 5.14. The van der Waals surface area contributed by atoms with Gasteiger partial charge in [0.2, 0.25) is 0 Å². The van der Waals surface area contributed by atoms with E-state index >= 15 is 0 Å². The SMILES string of the molecule is CCn1nc(C)cc1COc1c(C)cc(CN)cc1C. The van der Waals surface area contributed by atoms with Gasteiger partial charge in [0.15, 0.2) is 0 Å². The summed E-state index contributed by atoms with van der Waals surface area (Å²) in [7, 11) is 0. The first-order valence-electron chi connectivity index (χ1n) is 7.01. The largest absolute Gasteiger partial charge is 0.487 e. The number of hydrogen-bond acceptors (Lipinski definition) is 3. The minimum absolute atomic E-state index is 0.540. The van der Waals surface area contributed by atoms with Crippen molar-refractivity contribution in [3.8, 4) is 5.75 Å². The van der Waals surface area contributed by atoms with Gasteiger partial charge in [0, 0.05) is 13.1 Å². The van der Waals surface area contributed by atoms with Crippen molar-refractivity contribution >= 4 is 0 Å². The molecule has 0 aliphatic carbocycles. The van der Waals surface area contributed by atoms with Gasteiger partial charge in [-0.1, -0.05) is 12.1 Å². The smallest absolute Gasteiger partial charge is 0.130 e. The molecule has 0 aliphatic heterocycles. The monoisotopic (exact) mass is 273 g/mol. The maximum Gasteiger partial charge on any atom is 0.130 e. The Kier molecular flexibility index (Phi) is 4.45. The van der Waals surface area contributed by atoms with Gasteiger partial charge < -0.3 is 10.5 Å². The van der Waals surface area contributed by atoms with Crippen LogP contribution in [-0.2, 0) is 19.7 Å².